The molecule has 0 spiro atoms. The Labute approximate surface area is 343 Å². The lowest BCUT2D eigenvalue weighted by Gasteiger charge is -2.28. The Balaban J connectivity index is 0.922. The number of anilines is 6. The van der Waals surface area contributed by atoms with Gasteiger partial charge in [-0.1, -0.05) is 149 Å². The molecule has 0 unspecified atom stereocenters. The summed E-state index contributed by atoms with van der Waals surface area (Å²) in [4.78, 5) is 4.75. The molecule has 0 fully saturated rings. The highest BCUT2D eigenvalue weighted by Gasteiger charge is 2.39. The molecule has 0 amide bonds. The van der Waals surface area contributed by atoms with Gasteiger partial charge in [0.2, 0.25) is 0 Å². The molecule has 3 aliphatic carbocycles. The zero-order valence-electron chi connectivity index (χ0n) is 33.8. The quantitative estimate of drug-likeness (QED) is 0.153. The Bertz CT molecular complexity index is 2710. The SMILES string of the molecule is CC1(C)C2=C(CCC(/C=C/c3ccc(N(c4ccccc4)c4ccc5c(c4)C(C)(C)c4ccccc4-5)cc3)=C2)c2ccc(N(c3ccccc3)c3ccccc3)cc21. The molecule has 3 aliphatic rings. The molecule has 0 heterocycles. The minimum absolute atomic E-state index is 0.0606. The normalized spacial score (nSPS) is 15.7. The van der Waals surface area contributed by atoms with Crippen LogP contribution < -0.4 is 9.80 Å². The van der Waals surface area contributed by atoms with E-state index < -0.39 is 0 Å². The van der Waals surface area contributed by atoms with Crippen molar-refractivity contribution in [3.63, 3.8) is 0 Å². The van der Waals surface area contributed by atoms with Crippen LogP contribution in [0.1, 0.15) is 68.4 Å². The molecule has 0 N–H and O–H groups in total. The number of benzene rings is 7. The maximum absolute atomic E-state index is 2.47. The fourth-order valence-corrected chi connectivity index (χ4v) is 9.71. The minimum Gasteiger partial charge on any atom is -0.310 e. The van der Waals surface area contributed by atoms with Gasteiger partial charge in [0.25, 0.3) is 0 Å². The minimum atomic E-state index is -0.0999. The Morgan fingerprint density at radius 3 is 1.45 bits per heavy atom. The van der Waals surface area contributed by atoms with Crippen molar-refractivity contribution in [2.45, 2.75) is 51.4 Å². The van der Waals surface area contributed by atoms with Crippen LogP contribution in [-0.2, 0) is 10.8 Å². The number of fused-ring (bicyclic) bond motifs is 5. The van der Waals surface area contributed by atoms with E-state index >= 15 is 0 Å². The average Bonchev–Trinajstić information content (AvgIpc) is 3.63. The summed E-state index contributed by atoms with van der Waals surface area (Å²) in [5.41, 5.74) is 20.6. The van der Waals surface area contributed by atoms with E-state index in [1.807, 2.05) is 0 Å². The van der Waals surface area contributed by atoms with Gasteiger partial charge in [-0.05, 0) is 141 Å². The van der Waals surface area contributed by atoms with Crippen molar-refractivity contribution in [2.75, 3.05) is 9.80 Å². The van der Waals surface area contributed by atoms with Gasteiger partial charge in [0, 0.05) is 45.0 Å². The molecule has 10 rings (SSSR count). The Morgan fingerprint density at radius 2 is 0.862 bits per heavy atom. The van der Waals surface area contributed by atoms with E-state index in [4.69, 9.17) is 0 Å². The van der Waals surface area contributed by atoms with Crippen molar-refractivity contribution in [1.29, 1.82) is 0 Å². The lowest BCUT2D eigenvalue weighted by atomic mass is 9.78. The molecule has 0 aromatic heterocycles. The van der Waals surface area contributed by atoms with Crippen LogP contribution in [0.5, 0.6) is 0 Å². The van der Waals surface area contributed by atoms with E-state index in [0.29, 0.717) is 0 Å². The third-order valence-corrected chi connectivity index (χ3v) is 12.8. The number of allylic oxidation sites excluding steroid dienone is 5. The van der Waals surface area contributed by atoms with Crippen molar-refractivity contribution in [3.05, 3.63) is 227 Å². The zero-order valence-corrected chi connectivity index (χ0v) is 33.8. The molecule has 282 valence electrons. The molecule has 7 aromatic carbocycles. The number of nitrogens with zero attached hydrogens (tertiary/aromatic N) is 2. The van der Waals surface area contributed by atoms with Gasteiger partial charge < -0.3 is 9.80 Å². The summed E-state index contributed by atoms with van der Waals surface area (Å²) in [5, 5.41) is 0. The average molecular weight is 749 g/mol. The molecule has 7 aromatic rings. The third-order valence-electron chi connectivity index (χ3n) is 12.8. The molecule has 0 atom stereocenters. The van der Waals surface area contributed by atoms with Crippen LogP contribution in [0.3, 0.4) is 0 Å². The molecule has 2 nitrogen and oxygen atoms in total. The topological polar surface area (TPSA) is 6.48 Å². The second kappa shape index (κ2) is 14.1. The van der Waals surface area contributed by atoms with E-state index in [0.717, 1.165) is 35.6 Å². The Kier molecular flexibility index (Phi) is 8.68. The summed E-state index contributed by atoms with van der Waals surface area (Å²) in [5.74, 6) is 0. The zero-order chi connectivity index (χ0) is 39.4. The monoisotopic (exact) mass is 748 g/mol. The predicted octanol–water partition coefficient (Wildman–Crippen LogP) is 15.4. The Morgan fingerprint density at radius 1 is 0.397 bits per heavy atom. The number of rotatable bonds is 8. The van der Waals surface area contributed by atoms with Crippen LogP contribution in [0.15, 0.2) is 199 Å². The summed E-state index contributed by atoms with van der Waals surface area (Å²) in [6, 6.07) is 64.1. The fraction of sp³-hybridized carbons (Fsp3) is 0.143. The van der Waals surface area contributed by atoms with Gasteiger partial charge >= 0.3 is 0 Å². The molecule has 0 saturated heterocycles. The number of hydrogen-bond donors (Lipinski definition) is 0. The largest absolute Gasteiger partial charge is 0.310 e. The molecule has 0 bridgehead atoms. The molecule has 0 radical (unpaired) electrons. The van der Waals surface area contributed by atoms with Crippen LogP contribution in [-0.4, -0.2) is 0 Å². The first-order valence-electron chi connectivity index (χ1n) is 20.6. The van der Waals surface area contributed by atoms with Crippen molar-refractivity contribution >= 4 is 45.8 Å². The number of para-hydroxylation sites is 3. The fourth-order valence-electron chi connectivity index (χ4n) is 9.71. The van der Waals surface area contributed by atoms with Crippen LogP contribution in [0.2, 0.25) is 0 Å². The predicted molar refractivity (Wildman–Crippen MR) is 246 cm³/mol. The van der Waals surface area contributed by atoms with E-state index in [1.54, 1.807) is 0 Å². The van der Waals surface area contributed by atoms with Gasteiger partial charge in [0.15, 0.2) is 0 Å². The smallest absolute Gasteiger partial charge is 0.0465 e. The molecule has 2 heteroatoms. The lowest BCUT2D eigenvalue weighted by molar-refractivity contribution is 0.650. The van der Waals surface area contributed by atoms with Crippen molar-refractivity contribution in [1.82, 2.24) is 0 Å². The third kappa shape index (κ3) is 6.03. The molecule has 0 aliphatic heterocycles. The van der Waals surface area contributed by atoms with Gasteiger partial charge in [0.05, 0.1) is 0 Å². The maximum atomic E-state index is 2.47. The summed E-state index contributed by atoms with van der Waals surface area (Å²) in [6.07, 6.45) is 9.18. The molecule has 58 heavy (non-hydrogen) atoms. The maximum Gasteiger partial charge on any atom is 0.0465 e. The highest BCUT2D eigenvalue weighted by Crippen LogP contribution is 2.53. The summed E-state index contributed by atoms with van der Waals surface area (Å²) < 4.78 is 0. The first-order chi connectivity index (χ1) is 28.3. The van der Waals surface area contributed by atoms with Crippen LogP contribution >= 0.6 is 0 Å². The van der Waals surface area contributed by atoms with Gasteiger partial charge in [0.1, 0.15) is 0 Å². The first kappa shape index (κ1) is 35.8. The second-order valence-corrected chi connectivity index (χ2v) is 17.0. The van der Waals surface area contributed by atoms with Crippen LogP contribution in [0, 0.1) is 0 Å². The summed E-state index contributed by atoms with van der Waals surface area (Å²) in [6.45, 7) is 9.50. The second-order valence-electron chi connectivity index (χ2n) is 17.0. The van der Waals surface area contributed by atoms with Gasteiger partial charge in [-0.2, -0.15) is 0 Å². The highest BCUT2D eigenvalue weighted by atomic mass is 15.1. The standard InChI is InChI=1S/C56H48N2/c1-55(2)51-23-15-14-22-47(51)49-34-31-46(37-53(49)55)58(43-20-12-7-13-21-43)44-29-26-39(27-30-44)24-25-40-28-33-48-50-35-32-45(38-54(50)56(3,4)52(48)36-40)57(41-16-8-5-9-17-41)42-18-10-6-11-19-42/h5-27,29-32,34-38H,28,33H2,1-4H3/b25-24+. The summed E-state index contributed by atoms with van der Waals surface area (Å²) >= 11 is 0. The van der Waals surface area contributed by atoms with Crippen molar-refractivity contribution in [2.24, 2.45) is 0 Å². The van der Waals surface area contributed by atoms with E-state index in [1.165, 1.54) is 67.0 Å². The van der Waals surface area contributed by atoms with Crippen LogP contribution in [0.25, 0.3) is 22.8 Å². The van der Waals surface area contributed by atoms with Crippen molar-refractivity contribution in [3.8, 4) is 11.1 Å². The number of hydrogen-bond acceptors (Lipinski definition) is 2. The van der Waals surface area contributed by atoms with E-state index in [-0.39, 0.29) is 10.8 Å². The van der Waals surface area contributed by atoms with Gasteiger partial charge in [-0.25, -0.2) is 0 Å². The van der Waals surface area contributed by atoms with Gasteiger partial charge in [-0.15, -0.1) is 0 Å². The van der Waals surface area contributed by atoms with E-state index in [9.17, 15) is 0 Å². The van der Waals surface area contributed by atoms with Crippen LogP contribution in [0.4, 0.5) is 34.1 Å². The van der Waals surface area contributed by atoms with E-state index in [2.05, 4.69) is 232 Å². The van der Waals surface area contributed by atoms with Crippen molar-refractivity contribution < 1.29 is 0 Å². The molecular formula is C56H48N2. The lowest BCUT2D eigenvalue weighted by Crippen LogP contribution is -2.18. The Hall–Kier alpha value is -6.64. The highest BCUT2D eigenvalue weighted by molar-refractivity contribution is 5.88. The summed E-state index contributed by atoms with van der Waals surface area (Å²) in [7, 11) is 0. The first-order valence-corrected chi connectivity index (χ1v) is 20.6. The van der Waals surface area contributed by atoms with Gasteiger partial charge in [-0.3, -0.25) is 0 Å². The molecular weight excluding hydrogens is 701 g/mol. The molecule has 0 saturated carbocycles.